The van der Waals surface area contributed by atoms with Crippen LogP contribution in [0, 0.1) is 17.2 Å². The van der Waals surface area contributed by atoms with E-state index in [1.165, 1.54) is 0 Å². The van der Waals surface area contributed by atoms with Gasteiger partial charge < -0.3 is 13.8 Å². The molecule has 0 aliphatic carbocycles. The molecule has 1 saturated heterocycles. The first-order valence-corrected chi connectivity index (χ1v) is 20.2. The molecule has 0 radical (unpaired) electrons. The SMILES string of the molecule is CC(C)C(=O)Nc1nc2c(ncn2[C@H]2C[C@H](NC(c3ccccc3)(c3ccccc3)c3ccccc3)[C@@H](COP(OCCC#N)N(C(C)C)C(C)C)O2)c(=O)[nH]1. The quantitative estimate of drug-likeness (QED) is 0.0499. The minimum atomic E-state index is -1.57. The second-order valence-electron chi connectivity index (χ2n) is 14.7. The topological polar surface area (TPSA) is 159 Å². The van der Waals surface area contributed by atoms with Crippen molar-refractivity contribution in [2.45, 2.75) is 90.4 Å². The van der Waals surface area contributed by atoms with Crippen LogP contribution < -0.4 is 16.2 Å². The molecule has 2 aromatic heterocycles. The molecule has 3 heterocycles. The summed E-state index contributed by atoms with van der Waals surface area (Å²) in [5.41, 5.74) is 2.25. The molecule has 1 aliphatic rings. The van der Waals surface area contributed by atoms with Gasteiger partial charge in [0, 0.05) is 30.5 Å². The molecule has 294 valence electrons. The summed E-state index contributed by atoms with van der Waals surface area (Å²) in [5.74, 6) is -0.557. The lowest BCUT2D eigenvalue weighted by atomic mass is 9.76. The molecule has 0 spiro atoms. The molecule has 4 atom stereocenters. The summed E-state index contributed by atoms with van der Waals surface area (Å²) in [7, 11) is -1.57. The highest BCUT2D eigenvalue weighted by Gasteiger charge is 2.45. The van der Waals surface area contributed by atoms with Gasteiger partial charge in [0.2, 0.25) is 11.9 Å². The Morgan fingerprint density at radius 3 is 2.05 bits per heavy atom. The normalized spacial score (nSPS) is 17.9. The first kappa shape index (κ1) is 40.9. The fourth-order valence-corrected chi connectivity index (χ4v) is 8.83. The number of H-pyrrole nitrogens is 1. The molecule has 1 amide bonds. The van der Waals surface area contributed by atoms with E-state index >= 15 is 0 Å². The van der Waals surface area contributed by atoms with E-state index < -0.39 is 32.0 Å². The van der Waals surface area contributed by atoms with Crippen LogP contribution in [0.4, 0.5) is 5.95 Å². The Morgan fingerprint density at radius 2 is 1.54 bits per heavy atom. The highest BCUT2D eigenvalue weighted by Crippen LogP contribution is 2.47. The first-order valence-electron chi connectivity index (χ1n) is 19.1. The number of rotatable bonds is 17. The second kappa shape index (κ2) is 18.4. The van der Waals surface area contributed by atoms with Gasteiger partial charge in [-0.25, -0.2) is 9.65 Å². The maximum Gasteiger partial charge on any atom is 0.280 e. The van der Waals surface area contributed by atoms with Crippen molar-refractivity contribution in [3.05, 3.63) is 124 Å². The molecule has 13 nitrogen and oxygen atoms in total. The van der Waals surface area contributed by atoms with Crippen LogP contribution in [0.2, 0.25) is 0 Å². The molecule has 0 saturated carbocycles. The minimum Gasteiger partial charge on any atom is -0.351 e. The number of aromatic nitrogens is 4. The Bertz CT molecular complexity index is 2030. The number of imidazole rings is 1. The molecule has 1 aliphatic heterocycles. The molecule has 5 aromatic rings. The highest BCUT2D eigenvalue weighted by molar-refractivity contribution is 7.44. The Balaban J connectivity index is 1.44. The Morgan fingerprint density at radius 1 is 0.964 bits per heavy atom. The zero-order valence-corrected chi connectivity index (χ0v) is 33.6. The third-order valence-electron chi connectivity index (χ3n) is 9.78. The monoisotopic (exact) mass is 778 g/mol. The van der Waals surface area contributed by atoms with Crippen LogP contribution in [0.1, 0.15) is 77.3 Å². The van der Waals surface area contributed by atoms with Crippen LogP contribution in [0.3, 0.4) is 0 Å². The number of anilines is 1. The van der Waals surface area contributed by atoms with Crippen LogP contribution >= 0.6 is 8.53 Å². The lowest BCUT2D eigenvalue weighted by Crippen LogP contribution is -2.53. The van der Waals surface area contributed by atoms with Gasteiger partial charge in [0.25, 0.3) is 14.1 Å². The molecule has 3 aromatic carbocycles. The van der Waals surface area contributed by atoms with Gasteiger partial charge in [-0.05, 0) is 44.4 Å². The van der Waals surface area contributed by atoms with Gasteiger partial charge in [0.15, 0.2) is 11.2 Å². The summed E-state index contributed by atoms with van der Waals surface area (Å²) in [6.45, 7) is 12.3. The molecule has 14 heteroatoms. The Hall–Kier alpha value is -4.80. The van der Waals surface area contributed by atoms with Gasteiger partial charge in [0.1, 0.15) is 6.23 Å². The maximum absolute atomic E-state index is 13.2. The largest absolute Gasteiger partial charge is 0.351 e. The van der Waals surface area contributed by atoms with Crippen molar-refractivity contribution in [1.29, 1.82) is 5.26 Å². The van der Waals surface area contributed by atoms with Gasteiger partial charge in [0.05, 0.1) is 43.7 Å². The van der Waals surface area contributed by atoms with Gasteiger partial charge >= 0.3 is 0 Å². The number of nitrogens with one attached hydrogen (secondary N) is 3. The van der Waals surface area contributed by atoms with Crippen molar-refractivity contribution in [3.8, 4) is 6.07 Å². The van der Waals surface area contributed by atoms with Gasteiger partial charge in [-0.15, -0.1) is 0 Å². The van der Waals surface area contributed by atoms with E-state index in [0.717, 1.165) is 16.7 Å². The summed E-state index contributed by atoms with van der Waals surface area (Å²) >= 11 is 0. The number of nitriles is 1. The summed E-state index contributed by atoms with van der Waals surface area (Å²) in [6, 6.07) is 33.1. The van der Waals surface area contributed by atoms with Gasteiger partial charge in [-0.3, -0.25) is 29.8 Å². The van der Waals surface area contributed by atoms with Crippen LogP contribution in [-0.2, 0) is 24.1 Å². The zero-order valence-electron chi connectivity index (χ0n) is 32.8. The average molecular weight is 779 g/mol. The molecule has 1 unspecified atom stereocenters. The first-order chi connectivity index (χ1) is 27.0. The van der Waals surface area contributed by atoms with E-state index in [4.69, 9.17) is 13.8 Å². The fourth-order valence-electron chi connectivity index (χ4n) is 7.21. The average Bonchev–Trinajstić information content (AvgIpc) is 3.80. The van der Waals surface area contributed by atoms with Crippen LogP contribution in [0.15, 0.2) is 102 Å². The van der Waals surface area contributed by atoms with E-state index in [1.807, 2.05) is 54.6 Å². The van der Waals surface area contributed by atoms with E-state index in [-0.39, 0.29) is 66.7 Å². The summed E-state index contributed by atoms with van der Waals surface area (Å²) in [6.07, 6.45) is 1.10. The summed E-state index contributed by atoms with van der Waals surface area (Å²) < 4.78 is 23.9. The predicted octanol–water partition coefficient (Wildman–Crippen LogP) is 7.24. The molecule has 0 bridgehead atoms. The molecular weight excluding hydrogens is 727 g/mol. The number of ether oxygens (including phenoxy) is 1. The smallest absolute Gasteiger partial charge is 0.280 e. The van der Waals surface area contributed by atoms with Gasteiger partial charge in [-0.1, -0.05) is 105 Å². The van der Waals surface area contributed by atoms with Crippen molar-refractivity contribution in [3.63, 3.8) is 0 Å². The number of amides is 1. The van der Waals surface area contributed by atoms with Crippen molar-refractivity contribution in [2.75, 3.05) is 18.5 Å². The van der Waals surface area contributed by atoms with Crippen LogP contribution in [0.25, 0.3) is 11.2 Å². The lowest BCUT2D eigenvalue weighted by molar-refractivity contribution is -0.118. The number of fused-ring (bicyclic) bond motifs is 1. The number of aromatic amines is 1. The second-order valence-corrected chi connectivity index (χ2v) is 16.1. The van der Waals surface area contributed by atoms with E-state index in [9.17, 15) is 14.9 Å². The van der Waals surface area contributed by atoms with E-state index in [2.05, 4.69) is 100 Å². The van der Waals surface area contributed by atoms with Crippen LogP contribution in [0.5, 0.6) is 0 Å². The zero-order chi connectivity index (χ0) is 39.8. The standard InChI is InChI=1S/C42H51N8O5P/c1-28(2)39(51)46-41-45-38-37(40(52)47-41)44-27-49(38)36-25-34(35(55-36)26-54-56(53-24-16-23-43)50(29(3)4)30(5)6)48-42(31-17-10-7-11-18-31,32-19-12-8-13-20-32)33-21-14-9-15-22-33/h7-15,17-22,27-30,34-36,48H,16,24-26H2,1-6H3,(H2,45,46,47,51,52)/t34-,35+,36+,56?/m0/s1. The summed E-state index contributed by atoms with van der Waals surface area (Å²) in [5, 5.41) is 16.1. The number of carbonyl (C=O) groups excluding carboxylic acids is 1. The van der Waals surface area contributed by atoms with E-state index in [1.54, 1.807) is 24.7 Å². The lowest BCUT2D eigenvalue weighted by Gasteiger charge is -2.40. The van der Waals surface area contributed by atoms with Crippen molar-refractivity contribution in [1.82, 2.24) is 29.5 Å². The molecular formula is C42H51N8O5P. The van der Waals surface area contributed by atoms with Crippen LogP contribution in [-0.4, -0.2) is 67.5 Å². The Labute approximate surface area is 329 Å². The van der Waals surface area contributed by atoms with Crippen molar-refractivity contribution in [2.24, 2.45) is 5.92 Å². The Kier molecular flexibility index (Phi) is 13.4. The molecule has 1 fully saturated rings. The molecule has 6 rings (SSSR count). The third kappa shape index (κ3) is 8.92. The third-order valence-corrected chi connectivity index (χ3v) is 11.9. The fraction of sp³-hybridized carbons (Fsp3) is 0.405. The van der Waals surface area contributed by atoms with Crippen molar-refractivity contribution >= 4 is 31.5 Å². The number of benzene rings is 3. The minimum absolute atomic E-state index is 0.0365. The van der Waals surface area contributed by atoms with Gasteiger partial charge in [-0.2, -0.15) is 10.2 Å². The number of nitrogens with zero attached hydrogens (tertiary/aromatic N) is 5. The van der Waals surface area contributed by atoms with E-state index in [0.29, 0.717) is 6.42 Å². The highest BCUT2D eigenvalue weighted by atomic mass is 31.2. The maximum atomic E-state index is 13.2. The number of hydrogen-bond donors (Lipinski definition) is 3. The number of hydrogen-bond acceptors (Lipinski definition) is 10. The summed E-state index contributed by atoms with van der Waals surface area (Å²) in [4.78, 5) is 37.5. The van der Waals surface area contributed by atoms with Crippen molar-refractivity contribution < 1.29 is 18.6 Å². The molecule has 56 heavy (non-hydrogen) atoms. The number of carbonyl (C=O) groups is 1. The molecule has 3 N–H and O–H groups in total. The predicted molar refractivity (Wildman–Crippen MR) is 217 cm³/mol.